The zero-order valence-electron chi connectivity index (χ0n) is 12.4. The van der Waals surface area contributed by atoms with Gasteiger partial charge in [0.2, 0.25) is 0 Å². The van der Waals surface area contributed by atoms with Crippen LogP contribution in [0.25, 0.3) is 0 Å². The standard InChI is InChI=1S/C18H16Cl2O3/c19-15-5-1-13(2-6-15)17(11-22-17)9-21-10-18(12-23-18)14-3-7-16(20)8-4-14/h1-8H,9-12H2/t17-,18-/m1/s1. The molecule has 2 aromatic carbocycles. The third-order valence-electron chi connectivity index (χ3n) is 4.40. The van der Waals surface area contributed by atoms with Crippen LogP contribution in [0.1, 0.15) is 11.1 Å². The van der Waals surface area contributed by atoms with Gasteiger partial charge in [-0.1, -0.05) is 47.5 Å². The van der Waals surface area contributed by atoms with E-state index in [0.717, 1.165) is 21.2 Å². The molecule has 0 N–H and O–H groups in total. The molecule has 0 amide bonds. The lowest BCUT2D eigenvalue weighted by Gasteiger charge is -2.16. The Morgan fingerprint density at radius 1 is 0.739 bits per heavy atom. The average molecular weight is 351 g/mol. The molecule has 0 unspecified atom stereocenters. The molecule has 23 heavy (non-hydrogen) atoms. The van der Waals surface area contributed by atoms with E-state index in [-0.39, 0.29) is 11.2 Å². The summed E-state index contributed by atoms with van der Waals surface area (Å²) in [5.41, 5.74) is 1.53. The van der Waals surface area contributed by atoms with Crippen molar-refractivity contribution in [2.45, 2.75) is 11.2 Å². The molecule has 2 atom stereocenters. The van der Waals surface area contributed by atoms with Crippen molar-refractivity contribution in [3.8, 4) is 0 Å². The molecule has 2 aliphatic heterocycles. The van der Waals surface area contributed by atoms with E-state index in [0.29, 0.717) is 26.4 Å². The Kier molecular flexibility index (Phi) is 3.87. The first-order valence-electron chi connectivity index (χ1n) is 7.50. The monoisotopic (exact) mass is 350 g/mol. The van der Waals surface area contributed by atoms with Crippen molar-refractivity contribution < 1.29 is 14.2 Å². The molecule has 0 aromatic heterocycles. The highest BCUT2D eigenvalue weighted by atomic mass is 35.5. The maximum Gasteiger partial charge on any atom is 0.140 e. The van der Waals surface area contributed by atoms with Gasteiger partial charge < -0.3 is 14.2 Å². The lowest BCUT2D eigenvalue weighted by atomic mass is 10.00. The van der Waals surface area contributed by atoms with Crippen LogP contribution in [0.4, 0.5) is 0 Å². The van der Waals surface area contributed by atoms with E-state index in [1.807, 2.05) is 48.5 Å². The van der Waals surface area contributed by atoms with E-state index in [9.17, 15) is 0 Å². The number of hydrogen-bond donors (Lipinski definition) is 0. The first kappa shape index (κ1) is 15.4. The maximum atomic E-state index is 5.94. The number of ether oxygens (including phenoxy) is 3. The van der Waals surface area contributed by atoms with Crippen LogP contribution in [-0.4, -0.2) is 26.4 Å². The molecule has 4 rings (SSSR count). The molecule has 2 fully saturated rings. The Bertz CT molecular complexity index is 628. The fourth-order valence-corrected chi connectivity index (χ4v) is 2.98. The molecular weight excluding hydrogens is 335 g/mol. The van der Waals surface area contributed by atoms with Crippen molar-refractivity contribution in [1.29, 1.82) is 0 Å². The third kappa shape index (κ3) is 3.12. The Balaban J connectivity index is 1.38. The SMILES string of the molecule is Clc1ccc([C@@]2(COC[C@]3(c4ccc(Cl)cc4)CO3)CO2)cc1. The number of rotatable bonds is 6. The molecule has 2 heterocycles. The summed E-state index contributed by atoms with van der Waals surface area (Å²) in [6, 6.07) is 15.4. The molecule has 120 valence electrons. The quantitative estimate of drug-likeness (QED) is 0.733. The molecular formula is C18H16Cl2O3. The molecule has 0 saturated carbocycles. The van der Waals surface area contributed by atoms with Crippen molar-refractivity contribution >= 4 is 23.2 Å². The van der Waals surface area contributed by atoms with Gasteiger partial charge in [0.15, 0.2) is 0 Å². The summed E-state index contributed by atoms with van der Waals surface area (Å²) in [5.74, 6) is 0. The summed E-state index contributed by atoms with van der Waals surface area (Å²) < 4.78 is 17.2. The van der Waals surface area contributed by atoms with Gasteiger partial charge in [-0.05, 0) is 35.4 Å². The molecule has 0 aliphatic carbocycles. The second kappa shape index (κ2) is 5.76. The second-order valence-electron chi connectivity index (χ2n) is 6.07. The fraction of sp³-hybridized carbons (Fsp3) is 0.333. The van der Waals surface area contributed by atoms with Gasteiger partial charge in [0.25, 0.3) is 0 Å². The van der Waals surface area contributed by atoms with E-state index < -0.39 is 0 Å². The molecule has 0 radical (unpaired) electrons. The number of hydrogen-bond acceptors (Lipinski definition) is 3. The van der Waals surface area contributed by atoms with Crippen molar-refractivity contribution in [1.82, 2.24) is 0 Å². The molecule has 0 bridgehead atoms. The first-order valence-corrected chi connectivity index (χ1v) is 8.25. The van der Waals surface area contributed by atoms with Crippen molar-refractivity contribution in [3.05, 3.63) is 69.7 Å². The van der Waals surface area contributed by atoms with E-state index in [4.69, 9.17) is 37.4 Å². The van der Waals surface area contributed by atoms with Gasteiger partial charge in [0, 0.05) is 10.0 Å². The van der Waals surface area contributed by atoms with Crippen LogP contribution in [0.2, 0.25) is 10.0 Å². The van der Waals surface area contributed by atoms with Gasteiger partial charge in [0.05, 0.1) is 26.4 Å². The normalized spacial score (nSPS) is 28.6. The largest absolute Gasteiger partial charge is 0.375 e. The minimum Gasteiger partial charge on any atom is -0.375 e. The predicted octanol–water partition coefficient (Wildman–Crippen LogP) is 4.16. The lowest BCUT2D eigenvalue weighted by molar-refractivity contribution is 0.0403. The molecule has 2 aromatic rings. The van der Waals surface area contributed by atoms with Crippen LogP contribution in [0, 0.1) is 0 Å². The Hall–Kier alpha value is -1.10. The van der Waals surface area contributed by atoms with E-state index >= 15 is 0 Å². The van der Waals surface area contributed by atoms with E-state index in [2.05, 4.69) is 0 Å². The zero-order valence-corrected chi connectivity index (χ0v) is 13.9. The Morgan fingerprint density at radius 3 is 1.39 bits per heavy atom. The minimum atomic E-state index is -0.333. The van der Waals surface area contributed by atoms with Crippen LogP contribution >= 0.6 is 23.2 Å². The van der Waals surface area contributed by atoms with Crippen LogP contribution in [0.5, 0.6) is 0 Å². The van der Waals surface area contributed by atoms with Crippen LogP contribution in [0.15, 0.2) is 48.5 Å². The van der Waals surface area contributed by atoms with E-state index in [1.54, 1.807) is 0 Å². The average Bonchev–Trinajstić information content (AvgIpc) is 3.46. The first-order chi connectivity index (χ1) is 11.1. The Labute approximate surface area is 145 Å². The predicted molar refractivity (Wildman–Crippen MR) is 89.0 cm³/mol. The van der Waals surface area contributed by atoms with Crippen molar-refractivity contribution in [2.24, 2.45) is 0 Å². The summed E-state index contributed by atoms with van der Waals surface area (Å²) in [5, 5.41) is 1.44. The molecule has 3 nitrogen and oxygen atoms in total. The molecule has 2 saturated heterocycles. The summed E-state index contributed by atoms with van der Waals surface area (Å²) in [4.78, 5) is 0. The molecule has 0 spiro atoms. The second-order valence-corrected chi connectivity index (χ2v) is 6.95. The van der Waals surface area contributed by atoms with Gasteiger partial charge in [0.1, 0.15) is 11.2 Å². The summed E-state index contributed by atoms with van der Waals surface area (Å²) in [6.45, 7) is 2.35. The van der Waals surface area contributed by atoms with Gasteiger partial charge in [-0.25, -0.2) is 0 Å². The van der Waals surface area contributed by atoms with Gasteiger partial charge in [-0.15, -0.1) is 0 Å². The van der Waals surface area contributed by atoms with Crippen molar-refractivity contribution in [2.75, 3.05) is 26.4 Å². The van der Waals surface area contributed by atoms with Gasteiger partial charge in [-0.2, -0.15) is 0 Å². The number of benzene rings is 2. The Morgan fingerprint density at radius 2 is 1.09 bits per heavy atom. The summed E-state index contributed by atoms with van der Waals surface area (Å²) >= 11 is 11.9. The summed E-state index contributed by atoms with van der Waals surface area (Å²) in [6.07, 6.45) is 0. The van der Waals surface area contributed by atoms with Crippen LogP contribution < -0.4 is 0 Å². The van der Waals surface area contributed by atoms with Gasteiger partial charge in [-0.3, -0.25) is 0 Å². The van der Waals surface area contributed by atoms with Crippen LogP contribution in [0.3, 0.4) is 0 Å². The maximum absolute atomic E-state index is 5.94. The lowest BCUT2D eigenvalue weighted by Crippen LogP contribution is -2.23. The van der Waals surface area contributed by atoms with Crippen molar-refractivity contribution in [3.63, 3.8) is 0 Å². The topological polar surface area (TPSA) is 34.3 Å². The smallest absolute Gasteiger partial charge is 0.140 e. The zero-order chi connectivity index (χ0) is 15.9. The highest BCUT2D eigenvalue weighted by Crippen LogP contribution is 2.42. The molecule has 5 heteroatoms. The highest BCUT2D eigenvalue weighted by molar-refractivity contribution is 6.30. The number of halogens is 2. The summed E-state index contributed by atoms with van der Waals surface area (Å²) in [7, 11) is 0. The highest BCUT2D eigenvalue weighted by Gasteiger charge is 2.50. The van der Waals surface area contributed by atoms with E-state index in [1.165, 1.54) is 0 Å². The fourth-order valence-electron chi connectivity index (χ4n) is 2.73. The van der Waals surface area contributed by atoms with Crippen LogP contribution in [-0.2, 0) is 25.4 Å². The van der Waals surface area contributed by atoms with Gasteiger partial charge >= 0.3 is 0 Å². The number of epoxide rings is 2. The molecule has 2 aliphatic rings. The third-order valence-corrected chi connectivity index (χ3v) is 4.90. The minimum absolute atomic E-state index is 0.333.